The minimum atomic E-state index is -0.709. The molecule has 0 spiro atoms. The Balaban J connectivity index is 2.21. The Labute approximate surface area is 108 Å². The number of hydrogen-bond acceptors (Lipinski definition) is 2. The molecule has 3 nitrogen and oxygen atoms in total. The standard InChI is InChI=1S/C15H19NO2/c1-2-10-16-11-8-15(9-12-16,14(17)18)13-6-4-3-5-7-13/h2-7H,1,8-12H2,(H,17,18). The molecule has 0 atom stereocenters. The summed E-state index contributed by atoms with van der Waals surface area (Å²) in [6, 6.07) is 9.60. The van der Waals surface area contributed by atoms with Crippen molar-refractivity contribution in [3.8, 4) is 0 Å². The van der Waals surface area contributed by atoms with Crippen LogP contribution < -0.4 is 0 Å². The van der Waals surface area contributed by atoms with Crippen LogP contribution in [-0.2, 0) is 10.2 Å². The molecule has 0 amide bonds. The first-order chi connectivity index (χ1) is 8.69. The lowest BCUT2D eigenvalue weighted by atomic mass is 9.73. The highest BCUT2D eigenvalue weighted by Crippen LogP contribution is 2.35. The number of carboxylic acid groups (broad SMARTS) is 1. The van der Waals surface area contributed by atoms with Gasteiger partial charge in [-0.1, -0.05) is 36.4 Å². The number of likely N-dealkylation sites (tertiary alicyclic amines) is 1. The molecule has 0 aromatic heterocycles. The van der Waals surface area contributed by atoms with Crippen molar-refractivity contribution in [3.05, 3.63) is 48.6 Å². The predicted molar refractivity (Wildman–Crippen MR) is 71.6 cm³/mol. The van der Waals surface area contributed by atoms with Crippen LogP contribution in [-0.4, -0.2) is 35.6 Å². The van der Waals surface area contributed by atoms with E-state index in [9.17, 15) is 9.90 Å². The minimum absolute atomic E-state index is 0.667. The molecule has 1 N–H and O–H groups in total. The highest BCUT2D eigenvalue weighted by atomic mass is 16.4. The number of carboxylic acids is 1. The van der Waals surface area contributed by atoms with Gasteiger partial charge in [-0.15, -0.1) is 6.58 Å². The molecule has 3 heteroatoms. The molecule has 0 bridgehead atoms. The first kappa shape index (κ1) is 12.8. The number of piperidine rings is 1. The monoisotopic (exact) mass is 245 g/mol. The fraction of sp³-hybridized carbons (Fsp3) is 0.400. The Morgan fingerprint density at radius 2 is 1.94 bits per heavy atom. The summed E-state index contributed by atoms with van der Waals surface area (Å²) in [6.45, 7) is 6.19. The fourth-order valence-electron chi connectivity index (χ4n) is 2.68. The van der Waals surface area contributed by atoms with E-state index in [4.69, 9.17) is 0 Å². The number of aliphatic carboxylic acids is 1. The molecule has 0 unspecified atom stereocenters. The van der Waals surface area contributed by atoms with Crippen LogP contribution in [0.2, 0.25) is 0 Å². The Kier molecular flexibility index (Phi) is 3.82. The molecular weight excluding hydrogens is 226 g/mol. The zero-order valence-electron chi connectivity index (χ0n) is 10.5. The zero-order valence-corrected chi connectivity index (χ0v) is 10.5. The van der Waals surface area contributed by atoms with Gasteiger partial charge >= 0.3 is 5.97 Å². The Hall–Kier alpha value is -1.61. The maximum atomic E-state index is 11.7. The summed E-state index contributed by atoms with van der Waals surface area (Å²) >= 11 is 0. The summed E-state index contributed by atoms with van der Waals surface area (Å²) in [5.74, 6) is -0.702. The Morgan fingerprint density at radius 1 is 1.33 bits per heavy atom. The van der Waals surface area contributed by atoms with Crippen LogP contribution in [0.3, 0.4) is 0 Å². The van der Waals surface area contributed by atoms with Gasteiger partial charge in [0.2, 0.25) is 0 Å². The molecule has 1 aromatic carbocycles. The minimum Gasteiger partial charge on any atom is -0.481 e. The average Bonchev–Trinajstić information content (AvgIpc) is 2.41. The van der Waals surface area contributed by atoms with E-state index < -0.39 is 11.4 Å². The highest BCUT2D eigenvalue weighted by molar-refractivity contribution is 5.81. The number of hydrogen-bond donors (Lipinski definition) is 1. The van der Waals surface area contributed by atoms with Crippen molar-refractivity contribution >= 4 is 5.97 Å². The second kappa shape index (κ2) is 5.36. The maximum absolute atomic E-state index is 11.7. The molecular formula is C15H19NO2. The molecule has 2 rings (SSSR count). The zero-order chi connectivity index (χ0) is 13.0. The van der Waals surface area contributed by atoms with Crippen molar-refractivity contribution in [3.63, 3.8) is 0 Å². The molecule has 1 aromatic rings. The van der Waals surface area contributed by atoms with Gasteiger partial charge in [-0.05, 0) is 31.5 Å². The average molecular weight is 245 g/mol. The third-order valence-electron chi connectivity index (χ3n) is 3.83. The van der Waals surface area contributed by atoms with Gasteiger partial charge in [-0.3, -0.25) is 9.69 Å². The highest BCUT2D eigenvalue weighted by Gasteiger charge is 2.42. The van der Waals surface area contributed by atoms with E-state index in [0.29, 0.717) is 12.8 Å². The molecule has 96 valence electrons. The molecule has 1 saturated heterocycles. The molecule has 1 aliphatic heterocycles. The Morgan fingerprint density at radius 3 is 2.44 bits per heavy atom. The molecule has 0 aliphatic carbocycles. The SMILES string of the molecule is C=CCN1CCC(C(=O)O)(c2ccccc2)CC1. The lowest BCUT2D eigenvalue weighted by Crippen LogP contribution is -2.47. The third kappa shape index (κ3) is 2.31. The van der Waals surface area contributed by atoms with E-state index in [0.717, 1.165) is 25.2 Å². The fourth-order valence-corrected chi connectivity index (χ4v) is 2.68. The van der Waals surface area contributed by atoms with Crippen molar-refractivity contribution in [2.75, 3.05) is 19.6 Å². The summed E-state index contributed by atoms with van der Waals surface area (Å²) in [7, 11) is 0. The van der Waals surface area contributed by atoms with Crippen molar-refractivity contribution in [2.45, 2.75) is 18.3 Å². The first-order valence-corrected chi connectivity index (χ1v) is 6.31. The summed E-state index contributed by atoms with van der Waals surface area (Å²) in [4.78, 5) is 13.9. The summed E-state index contributed by atoms with van der Waals surface area (Å²) in [5.41, 5.74) is 0.217. The second-order valence-electron chi connectivity index (χ2n) is 4.84. The van der Waals surface area contributed by atoms with Crippen molar-refractivity contribution in [2.24, 2.45) is 0 Å². The van der Waals surface area contributed by atoms with Crippen LogP contribution in [0.1, 0.15) is 18.4 Å². The normalized spacial score (nSPS) is 19.3. The van der Waals surface area contributed by atoms with E-state index in [1.165, 1.54) is 0 Å². The van der Waals surface area contributed by atoms with Crippen molar-refractivity contribution < 1.29 is 9.90 Å². The van der Waals surface area contributed by atoms with Gasteiger partial charge in [0.05, 0.1) is 5.41 Å². The van der Waals surface area contributed by atoms with E-state index in [1.807, 2.05) is 36.4 Å². The number of rotatable bonds is 4. The van der Waals surface area contributed by atoms with Gasteiger partial charge < -0.3 is 5.11 Å². The smallest absolute Gasteiger partial charge is 0.314 e. The predicted octanol–water partition coefficient (Wildman–Crippen LogP) is 2.29. The third-order valence-corrected chi connectivity index (χ3v) is 3.83. The van der Waals surface area contributed by atoms with Gasteiger partial charge in [0.15, 0.2) is 0 Å². The molecule has 1 fully saturated rings. The quantitative estimate of drug-likeness (QED) is 0.827. The molecule has 1 aliphatic rings. The lowest BCUT2D eigenvalue weighted by Gasteiger charge is -2.38. The van der Waals surface area contributed by atoms with E-state index in [-0.39, 0.29) is 0 Å². The number of nitrogens with zero attached hydrogens (tertiary/aromatic N) is 1. The molecule has 0 saturated carbocycles. The molecule has 18 heavy (non-hydrogen) atoms. The van der Waals surface area contributed by atoms with Crippen LogP contribution in [0, 0.1) is 0 Å². The van der Waals surface area contributed by atoms with Crippen LogP contribution in [0.15, 0.2) is 43.0 Å². The largest absolute Gasteiger partial charge is 0.481 e. The van der Waals surface area contributed by atoms with Crippen LogP contribution in [0.5, 0.6) is 0 Å². The van der Waals surface area contributed by atoms with Gasteiger partial charge in [-0.25, -0.2) is 0 Å². The van der Waals surface area contributed by atoms with Gasteiger partial charge in [0.1, 0.15) is 0 Å². The second-order valence-corrected chi connectivity index (χ2v) is 4.84. The van der Waals surface area contributed by atoms with Crippen LogP contribution >= 0.6 is 0 Å². The first-order valence-electron chi connectivity index (χ1n) is 6.31. The van der Waals surface area contributed by atoms with Gasteiger partial charge in [0, 0.05) is 6.54 Å². The lowest BCUT2D eigenvalue weighted by molar-refractivity contribution is -0.145. The topological polar surface area (TPSA) is 40.5 Å². The summed E-state index contributed by atoms with van der Waals surface area (Å²) in [6.07, 6.45) is 3.21. The maximum Gasteiger partial charge on any atom is 0.314 e. The van der Waals surface area contributed by atoms with E-state index in [2.05, 4.69) is 11.5 Å². The number of benzene rings is 1. The van der Waals surface area contributed by atoms with Crippen LogP contribution in [0.25, 0.3) is 0 Å². The van der Waals surface area contributed by atoms with E-state index in [1.54, 1.807) is 0 Å². The van der Waals surface area contributed by atoms with E-state index >= 15 is 0 Å². The van der Waals surface area contributed by atoms with Crippen molar-refractivity contribution in [1.82, 2.24) is 4.90 Å². The Bertz CT molecular complexity index is 419. The summed E-state index contributed by atoms with van der Waals surface area (Å²) in [5, 5.41) is 9.62. The number of carbonyl (C=O) groups is 1. The van der Waals surface area contributed by atoms with Gasteiger partial charge in [0.25, 0.3) is 0 Å². The van der Waals surface area contributed by atoms with Crippen molar-refractivity contribution in [1.29, 1.82) is 0 Å². The van der Waals surface area contributed by atoms with Crippen LogP contribution in [0.4, 0.5) is 0 Å². The molecule has 1 heterocycles. The van der Waals surface area contributed by atoms with Gasteiger partial charge in [-0.2, -0.15) is 0 Å². The summed E-state index contributed by atoms with van der Waals surface area (Å²) < 4.78 is 0. The molecule has 0 radical (unpaired) electrons.